The Kier molecular flexibility index (Phi) is 5.22. The van der Waals surface area contributed by atoms with E-state index in [1.54, 1.807) is 14.1 Å². The summed E-state index contributed by atoms with van der Waals surface area (Å²) in [5, 5.41) is 8.71. The number of fused-ring (bicyclic) bond motifs is 1. The van der Waals surface area contributed by atoms with Gasteiger partial charge in [0.1, 0.15) is 11.8 Å². The Morgan fingerprint density at radius 2 is 1.72 bits per heavy atom. The van der Waals surface area contributed by atoms with Crippen LogP contribution in [0.15, 0.2) is 61.3 Å². The van der Waals surface area contributed by atoms with Gasteiger partial charge in [0.05, 0.1) is 12.4 Å². The number of carbonyl (C=O) groups excluding carboxylic acids is 1. The van der Waals surface area contributed by atoms with Gasteiger partial charge in [0.25, 0.3) is 0 Å². The first-order valence-electron chi connectivity index (χ1n) is 10.7. The van der Waals surface area contributed by atoms with Crippen molar-refractivity contribution in [2.75, 3.05) is 31.1 Å². The molecule has 9 heteroatoms. The van der Waals surface area contributed by atoms with Gasteiger partial charge in [-0.3, -0.25) is 4.68 Å². The number of ether oxygens (including phenoxy) is 1. The number of aryl methyl sites for hydroxylation is 1. The molecule has 0 saturated carbocycles. The number of amides is 1. The lowest BCUT2D eigenvalue weighted by atomic mass is 10.1. The maximum atomic E-state index is 12.6. The van der Waals surface area contributed by atoms with Crippen LogP contribution >= 0.6 is 0 Å². The number of carbonyl (C=O) groups is 1. The molecule has 1 fully saturated rings. The van der Waals surface area contributed by atoms with E-state index in [0.29, 0.717) is 26.2 Å². The molecular formula is C23H25N7O2. The number of hydrogen-bond donors (Lipinski definition) is 0. The fourth-order valence-electron chi connectivity index (χ4n) is 3.95. The number of hydrogen-bond acceptors (Lipinski definition) is 6. The van der Waals surface area contributed by atoms with Gasteiger partial charge >= 0.3 is 6.09 Å². The van der Waals surface area contributed by atoms with Crippen molar-refractivity contribution < 1.29 is 9.53 Å². The third kappa shape index (κ3) is 3.89. The first kappa shape index (κ1) is 20.0. The van der Waals surface area contributed by atoms with Crippen LogP contribution in [0, 0.1) is 0 Å². The molecule has 0 radical (unpaired) electrons. The molecule has 1 aromatic carbocycles. The van der Waals surface area contributed by atoms with Crippen LogP contribution in [-0.2, 0) is 11.8 Å². The van der Waals surface area contributed by atoms with Crippen LogP contribution in [-0.4, -0.2) is 61.6 Å². The summed E-state index contributed by atoms with van der Waals surface area (Å²) < 4.78 is 9.22. The van der Waals surface area contributed by atoms with E-state index in [1.807, 2.05) is 75.3 Å². The predicted molar refractivity (Wildman–Crippen MR) is 120 cm³/mol. The van der Waals surface area contributed by atoms with Crippen molar-refractivity contribution in [3.05, 3.63) is 66.9 Å². The molecule has 4 aromatic rings. The lowest BCUT2D eigenvalue weighted by molar-refractivity contribution is 0.0681. The highest BCUT2D eigenvalue weighted by atomic mass is 16.6. The minimum atomic E-state index is -0.278. The molecule has 1 saturated heterocycles. The number of aromatic nitrogens is 5. The molecular weight excluding hydrogens is 406 g/mol. The van der Waals surface area contributed by atoms with Crippen molar-refractivity contribution in [3.8, 4) is 11.1 Å². The molecule has 32 heavy (non-hydrogen) atoms. The highest BCUT2D eigenvalue weighted by molar-refractivity contribution is 5.72. The second kappa shape index (κ2) is 8.33. The number of benzene rings is 1. The Labute approximate surface area is 185 Å². The largest absolute Gasteiger partial charge is 0.442 e. The Morgan fingerprint density at radius 3 is 2.44 bits per heavy atom. The average molecular weight is 432 g/mol. The van der Waals surface area contributed by atoms with Crippen LogP contribution in [0.4, 0.5) is 10.5 Å². The summed E-state index contributed by atoms with van der Waals surface area (Å²) in [6.07, 6.45) is 8.84. The summed E-state index contributed by atoms with van der Waals surface area (Å²) >= 11 is 0. The van der Waals surface area contributed by atoms with E-state index in [4.69, 9.17) is 4.74 Å². The highest BCUT2D eigenvalue weighted by Crippen LogP contribution is 2.25. The molecule has 164 valence electrons. The van der Waals surface area contributed by atoms with Gasteiger partial charge in [-0.05, 0) is 12.5 Å². The zero-order valence-corrected chi connectivity index (χ0v) is 18.1. The quantitative estimate of drug-likeness (QED) is 0.494. The normalized spacial score (nSPS) is 15.2. The molecule has 1 aliphatic rings. The third-order valence-corrected chi connectivity index (χ3v) is 5.80. The predicted octanol–water partition coefficient (Wildman–Crippen LogP) is 3.15. The molecule has 3 aromatic heterocycles. The molecule has 1 unspecified atom stereocenters. The molecule has 9 nitrogen and oxygen atoms in total. The molecule has 0 aliphatic carbocycles. The van der Waals surface area contributed by atoms with Gasteiger partial charge in [0.15, 0.2) is 5.65 Å². The van der Waals surface area contributed by atoms with E-state index < -0.39 is 0 Å². The van der Waals surface area contributed by atoms with Crippen LogP contribution in [0.3, 0.4) is 0 Å². The Bertz CT molecular complexity index is 1230. The van der Waals surface area contributed by atoms with E-state index in [1.165, 1.54) is 0 Å². The Morgan fingerprint density at radius 1 is 0.969 bits per heavy atom. The number of nitrogens with zero attached hydrogens (tertiary/aromatic N) is 7. The summed E-state index contributed by atoms with van der Waals surface area (Å²) in [7, 11) is 1.89. The zero-order valence-electron chi connectivity index (χ0n) is 18.1. The van der Waals surface area contributed by atoms with Crippen molar-refractivity contribution in [2.24, 2.45) is 7.05 Å². The zero-order chi connectivity index (χ0) is 22.1. The molecule has 1 atom stereocenters. The fraction of sp³-hybridized carbons (Fsp3) is 0.304. The van der Waals surface area contributed by atoms with Crippen LogP contribution < -0.4 is 4.90 Å². The summed E-state index contributed by atoms with van der Waals surface area (Å²) in [5.41, 5.74) is 4.71. The third-order valence-electron chi connectivity index (χ3n) is 5.80. The summed E-state index contributed by atoms with van der Waals surface area (Å²) in [6, 6.07) is 9.78. The maximum Gasteiger partial charge on any atom is 0.410 e. The Balaban J connectivity index is 1.23. The molecule has 0 N–H and O–H groups in total. The SMILES string of the molecule is CC(OC(=O)N1CCN(c2cnn3cc(-c4cnn(C)c4)cnc23)CC1)c1ccccc1. The molecule has 0 bridgehead atoms. The molecule has 5 rings (SSSR count). The van der Waals surface area contributed by atoms with Crippen LogP contribution in [0.2, 0.25) is 0 Å². The second-order valence-corrected chi connectivity index (χ2v) is 7.95. The first-order valence-corrected chi connectivity index (χ1v) is 10.7. The van der Waals surface area contributed by atoms with Gasteiger partial charge in [0, 0.05) is 62.9 Å². The molecule has 0 spiro atoms. The average Bonchev–Trinajstić information content (AvgIpc) is 3.45. The lowest BCUT2D eigenvalue weighted by Gasteiger charge is -2.35. The van der Waals surface area contributed by atoms with Crippen LogP contribution in [0.1, 0.15) is 18.6 Å². The second-order valence-electron chi connectivity index (χ2n) is 7.95. The number of anilines is 1. The molecule has 4 heterocycles. The van der Waals surface area contributed by atoms with Crippen LogP contribution in [0.5, 0.6) is 0 Å². The van der Waals surface area contributed by atoms with E-state index >= 15 is 0 Å². The van der Waals surface area contributed by atoms with E-state index in [9.17, 15) is 4.79 Å². The smallest absolute Gasteiger partial charge is 0.410 e. The fourth-order valence-corrected chi connectivity index (χ4v) is 3.95. The monoisotopic (exact) mass is 431 g/mol. The van der Waals surface area contributed by atoms with Crippen molar-refractivity contribution >= 4 is 17.4 Å². The lowest BCUT2D eigenvalue weighted by Crippen LogP contribution is -2.49. The van der Waals surface area contributed by atoms with Crippen molar-refractivity contribution in [2.45, 2.75) is 13.0 Å². The van der Waals surface area contributed by atoms with Gasteiger partial charge < -0.3 is 14.5 Å². The minimum Gasteiger partial charge on any atom is -0.442 e. The summed E-state index contributed by atoms with van der Waals surface area (Å²) in [6.45, 7) is 4.47. The Hall–Kier alpha value is -3.88. The summed E-state index contributed by atoms with van der Waals surface area (Å²) in [5.74, 6) is 0. The number of rotatable bonds is 4. The molecule has 1 aliphatic heterocycles. The van der Waals surface area contributed by atoms with Crippen molar-refractivity contribution in [1.29, 1.82) is 0 Å². The number of piperazine rings is 1. The minimum absolute atomic E-state index is 0.278. The topological polar surface area (TPSA) is 80.8 Å². The van der Waals surface area contributed by atoms with E-state index in [-0.39, 0.29) is 12.2 Å². The molecule has 1 amide bonds. The van der Waals surface area contributed by atoms with E-state index in [0.717, 1.165) is 28.0 Å². The van der Waals surface area contributed by atoms with Gasteiger partial charge in [-0.1, -0.05) is 30.3 Å². The first-order chi connectivity index (χ1) is 15.6. The standard InChI is InChI=1S/C23H25N7O2/c1-17(18-6-4-3-5-7-18)32-23(31)29-10-8-28(9-11-29)21-14-26-30-16-19(12-24-22(21)30)20-13-25-27(2)15-20/h3-7,12-17H,8-11H2,1-2H3. The maximum absolute atomic E-state index is 12.6. The van der Waals surface area contributed by atoms with Gasteiger partial charge in [0.2, 0.25) is 0 Å². The van der Waals surface area contributed by atoms with Gasteiger partial charge in [-0.15, -0.1) is 0 Å². The van der Waals surface area contributed by atoms with E-state index in [2.05, 4.69) is 20.1 Å². The van der Waals surface area contributed by atoms with Crippen molar-refractivity contribution in [3.63, 3.8) is 0 Å². The van der Waals surface area contributed by atoms with Crippen molar-refractivity contribution in [1.82, 2.24) is 29.3 Å². The summed E-state index contributed by atoms with van der Waals surface area (Å²) in [4.78, 5) is 21.2. The van der Waals surface area contributed by atoms with Crippen LogP contribution in [0.25, 0.3) is 16.8 Å². The van der Waals surface area contributed by atoms with Gasteiger partial charge in [-0.2, -0.15) is 10.2 Å². The van der Waals surface area contributed by atoms with Gasteiger partial charge in [-0.25, -0.2) is 14.3 Å². The highest BCUT2D eigenvalue weighted by Gasteiger charge is 2.25.